The Labute approximate surface area is 103 Å². The Morgan fingerprint density at radius 1 is 1.12 bits per heavy atom. The summed E-state index contributed by atoms with van der Waals surface area (Å²) in [5.41, 5.74) is 1.21. The van der Waals surface area contributed by atoms with E-state index in [9.17, 15) is 0 Å². The van der Waals surface area contributed by atoms with Gasteiger partial charge in [-0.15, -0.1) is 0 Å². The molecule has 0 radical (unpaired) electrons. The van der Waals surface area contributed by atoms with Crippen LogP contribution >= 0.6 is 0 Å². The zero-order valence-corrected chi connectivity index (χ0v) is 11.4. The molecule has 0 bridgehead atoms. The van der Waals surface area contributed by atoms with E-state index in [0.717, 1.165) is 28.9 Å². The monoisotopic (exact) mass is 234 g/mol. The van der Waals surface area contributed by atoms with E-state index in [2.05, 4.69) is 41.4 Å². The first-order chi connectivity index (χ1) is 7.94. The van der Waals surface area contributed by atoms with E-state index in [0.29, 0.717) is 0 Å². The van der Waals surface area contributed by atoms with Gasteiger partial charge in [0.15, 0.2) is 0 Å². The molecule has 1 aromatic rings. The number of aromatic nitrogens is 2. The van der Waals surface area contributed by atoms with E-state index in [1.165, 1.54) is 12.8 Å². The fourth-order valence-corrected chi connectivity index (χ4v) is 2.21. The molecule has 0 atom stereocenters. The summed E-state index contributed by atoms with van der Waals surface area (Å²) in [4.78, 5) is 8.89. The highest BCUT2D eigenvalue weighted by Gasteiger charge is 2.38. The smallest absolute Gasteiger partial charge is 0.135 e. The van der Waals surface area contributed by atoms with Crippen molar-refractivity contribution in [2.24, 2.45) is 5.92 Å². The summed E-state index contributed by atoms with van der Waals surface area (Å²) in [5, 5.41) is 6.69. The van der Waals surface area contributed by atoms with Gasteiger partial charge in [0.25, 0.3) is 0 Å². The van der Waals surface area contributed by atoms with Crippen LogP contribution in [0.5, 0.6) is 0 Å². The van der Waals surface area contributed by atoms with E-state index in [1.807, 2.05) is 14.0 Å². The largest absolute Gasteiger partial charge is 0.373 e. The van der Waals surface area contributed by atoms with Gasteiger partial charge in [-0.1, -0.05) is 0 Å². The molecule has 1 heterocycles. The average molecular weight is 234 g/mol. The van der Waals surface area contributed by atoms with Crippen molar-refractivity contribution in [3.05, 3.63) is 11.4 Å². The Bertz CT molecular complexity index is 422. The van der Waals surface area contributed by atoms with Crippen molar-refractivity contribution in [1.82, 2.24) is 9.97 Å². The summed E-state index contributed by atoms with van der Waals surface area (Å²) in [6, 6.07) is 0. The molecule has 1 aromatic heterocycles. The number of hydrogen-bond donors (Lipinski definition) is 2. The van der Waals surface area contributed by atoms with Crippen LogP contribution in [0, 0.1) is 19.8 Å². The van der Waals surface area contributed by atoms with Gasteiger partial charge >= 0.3 is 0 Å². The Kier molecular flexibility index (Phi) is 2.98. The Hall–Kier alpha value is -1.32. The molecule has 17 heavy (non-hydrogen) atoms. The summed E-state index contributed by atoms with van der Waals surface area (Å²) in [5.74, 6) is 3.44. The van der Waals surface area contributed by atoms with Crippen LogP contribution in [-0.2, 0) is 0 Å². The molecule has 0 aromatic carbocycles. The van der Waals surface area contributed by atoms with Gasteiger partial charge in [-0.3, -0.25) is 0 Å². The number of hydrogen-bond acceptors (Lipinski definition) is 4. The number of anilines is 2. The minimum atomic E-state index is 0.122. The normalized spacial score (nSPS) is 15.8. The fourth-order valence-electron chi connectivity index (χ4n) is 2.21. The van der Waals surface area contributed by atoms with Crippen molar-refractivity contribution in [1.29, 1.82) is 0 Å². The van der Waals surface area contributed by atoms with Gasteiger partial charge in [0.2, 0.25) is 0 Å². The maximum Gasteiger partial charge on any atom is 0.135 e. The van der Waals surface area contributed by atoms with Crippen LogP contribution in [0.2, 0.25) is 0 Å². The molecule has 2 rings (SSSR count). The summed E-state index contributed by atoms with van der Waals surface area (Å²) in [7, 11) is 1.89. The molecular weight excluding hydrogens is 212 g/mol. The van der Waals surface area contributed by atoms with Crippen molar-refractivity contribution < 1.29 is 0 Å². The maximum absolute atomic E-state index is 4.51. The molecule has 4 heteroatoms. The first kappa shape index (κ1) is 12.1. The van der Waals surface area contributed by atoms with Crippen LogP contribution in [-0.4, -0.2) is 22.6 Å². The maximum atomic E-state index is 4.51. The first-order valence-corrected chi connectivity index (χ1v) is 6.25. The second-order valence-electron chi connectivity index (χ2n) is 5.46. The van der Waals surface area contributed by atoms with E-state index in [1.54, 1.807) is 0 Å². The fraction of sp³-hybridized carbons (Fsp3) is 0.692. The summed E-state index contributed by atoms with van der Waals surface area (Å²) >= 11 is 0. The van der Waals surface area contributed by atoms with Gasteiger partial charge in [0, 0.05) is 18.2 Å². The molecule has 2 N–H and O–H groups in total. The summed E-state index contributed by atoms with van der Waals surface area (Å²) in [6.07, 6.45) is 2.64. The van der Waals surface area contributed by atoms with Crippen LogP contribution in [0.25, 0.3) is 0 Å². The third-order valence-corrected chi connectivity index (χ3v) is 3.53. The number of aryl methyl sites for hydroxylation is 1. The highest BCUT2D eigenvalue weighted by Crippen LogP contribution is 2.41. The zero-order valence-electron chi connectivity index (χ0n) is 11.4. The van der Waals surface area contributed by atoms with E-state index < -0.39 is 0 Å². The quantitative estimate of drug-likeness (QED) is 0.841. The van der Waals surface area contributed by atoms with Crippen LogP contribution < -0.4 is 10.6 Å². The number of nitrogens with zero attached hydrogens (tertiary/aromatic N) is 2. The van der Waals surface area contributed by atoms with Crippen molar-refractivity contribution in [3.63, 3.8) is 0 Å². The summed E-state index contributed by atoms with van der Waals surface area (Å²) in [6.45, 7) is 8.48. The first-order valence-electron chi connectivity index (χ1n) is 6.25. The van der Waals surface area contributed by atoms with Crippen molar-refractivity contribution in [2.75, 3.05) is 17.7 Å². The van der Waals surface area contributed by atoms with Crippen molar-refractivity contribution >= 4 is 11.6 Å². The number of rotatable bonds is 4. The zero-order chi connectivity index (χ0) is 12.6. The average Bonchev–Trinajstić information content (AvgIpc) is 3.06. The molecular formula is C13H22N4. The summed E-state index contributed by atoms with van der Waals surface area (Å²) < 4.78 is 0. The minimum Gasteiger partial charge on any atom is -0.373 e. The van der Waals surface area contributed by atoms with E-state index >= 15 is 0 Å². The molecule has 0 aliphatic heterocycles. The van der Waals surface area contributed by atoms with Gasteiger partial charge in [-0.2, -0.15) is 0 Å². The highest BCUT2D eigenvalue weighted by atomic mass is 15.1. The predicted molar refractivity (Wildman–Crippen MR) is 71.5 cm³/mol. The van der Waals surface area contributed by atoms with Crippen LogP contribution in [0.4, 0.5) is 11.6 Å². The molecule has 94 valence electrons. The molecule has 1 aliphatic rings. The van der Waals surface area contributed by atoms with Crippen LogP contribution in [0.3, 0.4) is 0 Å². The molecule has 1 fully saturated rings. The third kappa shape index (κ3) is 2.51. The topological polar surface area (TPSA) is 49.8 Å². The van der Waals surface area contributed by atoms with Gasteiger partial charge < -0.3 is 10.6 Å². The van der Waals surface area contributed by atoms with Crippen LogP contribution in [0.1, 0.15) is 38.1 Å². The molecule has 0 saturated heterocycles. The molecule has 4 nitrogen and oxygen atoms in total. The van der Waals surface area contributed by atoms with Crippen LogP contribution in [0.15, 0.2) is 0 Å². The molecule has 0 spiro atoms. The molecule has 1 saturated carbocycles. The number of nitrogens with one attached hydrogen (secondary N) is 2. The van der Waals surface area contributed by atoms with Gasteiger partial charge in [0.1, 0.15) is 17.5 Å². The lowest BCUT2D eigenvalue weighted by molar-refractivity contribution is 0.492. The predicted octanol–water partition coefficient (Wildman–Crippen LogP) is 2.74. The lowest BCUT2D eigenvalue weighted by Gasteiger charge is -2.28. The highest BCUT2D eigenvalue weighted by molar-refractivity contribution is 5.58. The Morgan fingerprint density at radius 3 is 2.24 bits per heavy atom. The second kappa shape index (κ2) is 4.17. The second-order valence-corrected chi connectivity index (χ2v) is 5.46. The third-order valence-electron chi connectivity index (χ3n) is 3.53. The minimum absolute atomic E-state index is 0.122. The Morgan fingerprint density at radius 2 is 1.71 bits per heavy atom. The Balaban J connectivity index is 2.28. The van der Waals surface area contributed by atoms with E-state index in [4.69, 9.17) is 0 Å². The molecule has 0 unspecified atom stereocenters. The standard InChI is InChI=1S/C13H22N4/c1-8-11(14-5)15-9(2)16-12(8)17-13(3,4)10-6-7-10/h10H,6-7H2,1-5H3,(H2,14,15,16,17). The SMILES string of the molecule is CNc1nc(C)nc(NC(C)(C)C2CC2)c1C. The van der Waals surface area contributed by atoms with Crippen molar-refractivity contribution in [3.8, 4) is 0 Å². The molecule has 1 aliphatic carbocycles. The van der Waals surface area contributed by atoms with E-state index in [-0.39, 0.29) is 5.54 Å². The van der Waals surface area contributed by atoms with Crippen molar-refractivity contribution in [2.45, 2.75) is 46.1 Å². The molecule has 0 amide bonds. The lowest BCUT2D eigenvalue weighted by atomic mass is 9.98. The van der Waals surface area contributed by atoms with Gasteiger partial charge in [-0.05, 0) is 46.5 Å². The lowest BCUT2D eigenvalue weighted by Crippen LogP contribution is -2.34. The van der Waals surface area contributed by atoms with Gasteiger partial charge in [-0.25, -0.2) is 9.97 Å². The van der Waals surface area contributed by atoms with Gasteiger partial charge in [0.05, 0.1) is 0 Å².